The third-order valence-corrected chi connectivity index (χ3v) is 2.47. The molecule has 1 heterocycles. The van der Waals surface area contributed by atoms with E-state index in [4.69, 9.17) is 9.63 Å². The van der Waals surface area contributed by atoms with Crippen molar-refractivity contribution in [3.8, 4) is 11.3 Å². The minimum atomic E-state index is -1.02. The summed E-state index contributed by atoms with van der Waals surface area (Å²) in [5, 5.41) is 12.8. The van der Waals surface area contributed by atoms with Crippen molar-refractivity contribution >= 4 is 5.97 Å². The van der Waals surface area contributed by atoms with Gasteiger partial charge in [0.05, 0.1) is 5.69 Å². The maximum Gasteiger partial charge on any atom is 0.341 e. The van der Waals surface area contributed by atoms with Crippen LogP contribution in [0.25, 0.3) is 11.3 Å². The summed E-state index contributed by atoms with van der Waals surface area (Å²) in [7, 11) is 0. The average Bonchev–Trinajstić information content (AvgIpc) is 2.61. The van der Waals surface area contributed by atoms with Crippen molar-refractivity contribution in [1.82, 2.24) is 5.16 Å². The van der Waals surface area contributed by atoms with Crippen LogP contribution in [0.5, 0.6) is 0 Å². The van der Waals surface area contributed by atoms with Crippen molar-refractivity contribution in [3.63, 3.8) is 0 Å². The minimum absolute atomic E-state index is 0.134. The molecule has 1 aromatic heterocycles. The van der Waals surface area contributed by atoms with Gasteiger partial charge >= 0.3 is 5.97 Å². The van der Waals surface area contributed by atoms with Gasteiger partial charge in [0.1, 0.15) is 5.56 Å². The molecule has 0 bridgehead atoms. The summed E-state index contributed by atoms with van der Waals surface area (Å²) in [5.41, 5.74) is 2.25. The molecule has 0 atom stereocenters. The van der Waals surface area contributed by atoms with Crippen LogP contribution in [0.15, 0.2) is 28.8 Å². The van der Waals surface area contributed by atoms with Crippen molar-refractivity contribution in [2.75, 3.05) is 0 Å². The molecule has 0 spiro atoms. The number of carbonyl (C=O) groups is 1. The Bertz CT molecular complexity index is 543. The Morgan fingerprint density at radius 2 is 2.00 bits per heavy atom. The molecule has 0 saturated heterocycles. The number of aromatic nitrogens is 1. The van der Waals surface area contributed by atoms with E-state index in [0.29, 0.717) is 11.5 Å². The second kappa shape index (κ2) is 3.81. The lowest BCUT2D eigenvalue weighted by molar-refractivity contribution is 0.0696. The first-order valence-electron chi connectivity index (χ1n) is 4.87. The highest BCUT2D eigenvalue weighted by atomic mass is 16.5. The van der Waals surface area contributed by atoms with Crippen molar-refractivity contribution < 1.29 is 14.4 Å². The second-order valence-corrected chi connectivity index (χ2v) is 3.59. The van der Waals surface area contributed by atoms with Crippen LogP contribution in [0.2, 0.25) is 0 Å². The largest absolute Gasteiger partial charge is 0.477 e. The Morgan fingerprint density at radius 3 is 2.62 bits per heavy atom. The van der Waals surface area contributed by atoms with Gasteiger partial charge in [0.25, 0.3) is 0 Å². The zero-order chi connectivity index (χ0) is 11.7. The zero-order valence-corrected chi connectivity index (χ0v) is 9.02. The fraction of sp³-hybridized carbons (Fsp3) is 0.167. The molecule has 0 radical (unpaired) electrons. The summed E-state index contributed by atoms with van der Waals surface area (Å²) in [6.07, 6.45) is 0. The highest BCUT2D eigenvalue weighted by molar-refractivity contribution is 5.95. The third kappa shape index (κ3) is 1.58. The van der Waals surface area contributed by atoms with Crippen molar-refractivity contribution in [2.24, 2.45) is 0 Å². The summed E-state index contributed by atoms with van der Waals surface area (Å²) < 4.78 is 5.09. The molecule has 1 N–H and O–H groups in total. The topological polar surface area (TPSA) is 63.3 Å². The van der Waals surface area contributed by atoms with Crippen LogP contribution in [-0.2, 0) is 0 Å². The SMILES string of the molecule is Cc1ccccc1-c1onc(C)c1C(=O)O. The van der Waals surface area contributed by atoms with Gasteiger partial charge < -0.3 is 9.63 Å². The first-order chi connectivity index (χ1) is 7.61. The highest BCUT2D eigenvalue weighted by Gasteiger charge is 2.21. The smallest absolute Gasteiger partial charge is 0.341 e. The van der Waals surface area contributed by atoms with E-state index in [-0.39, 0.29) is 5.56 Å². The van der Waals surface area contributed by atoms with Crippen LogP contribution in [0.4, 0.5) is 0 Å². The van der Waals surface area contributed by atoms with Crippen LogP contribution in [0.3, 0.4) is 0 Å². The summed E-state index contributed by atoms with van der Waals surface area (Å²) in [6, 6.07) is 7.45. The Labute approximate surface area is 92.5 Å². The average molecular weight is 217 g/mol. The van der Waals surface area contributed by atoms with Gasteiger partial charge in [-0.2, -0.15) is 0 Å². The molecule has 82 valence electrons. The van der Waals surface area contributed by atoms with Crippen LogP contribution in [0, 0.1) is 13.8 Å². The Balaban J connectivity index is 2.66. The molecule has 2 aromatic rings. The van der Waals surface area contributed by atoms with Crippen LogP contribution in [0.1, 0.15) is 21.6 Å². The molecular formula is C12H11NO3. The van der Waals surface area contributed by atoms with E-state index in [2.05, 4.69) is 5.16 Å². The molecule has 0 amide bonds. The molecule has 4 nitrogen and oxygen atoms in total. The first-order valence-corrected chi connectivity index (χ1v) is 4.87. The summed E-state index contributed by atoms with van der Waals surface area (Å²) in [4.78, 5) is 11.1. The van der Waals surface area contributed by atoms with E-state index < -0.39 is 5.97 Å². The van der Waals surface area contributed by atoms with Crippen molar-refractivity contribution in [1.29, 1.82) is 0 Å². The Morgan fingerprint density at radius 1 is 1.31 bits per heavy atom. The second-order valence-electron chi connectivity index (χ2n) is 3.59. The predicted octanol–water partition coefficient (Wildman–Crippen LogP) is 2.66. The number of carboxylic acid groups (broad SMARTS) is 1. The van der Waals surface area contributed by atoms with E-state index in [0.717, 1.165) is 11.1 Å². The fourth-order valence-electron chi connectivity index (χ4n) is 1.63. The van der Waals surface area contributed by atoms with Crippen LogP contribution >= 0.6 is 0 Å². The number of rotatable bonds is 2. The lowest BCUT2D eigenvalue weighted by atomic mass is 10.0. The molecule has 0 aliphatic heterocycles. The Hall–Kier alpha value is -2.10. The van der Waals surface area contributed by atoms with Crippen molar-refractivity contribution in [3.05, 3.63) is 41.1 Å². The van der Waals surface area contributed by atoms with Crippen LogP contribution < -0.4 is 0 Å². The molecular weight excluding hydrogens is 206 g/mol. The quantitative estimate of drug-likeness (QED) is 0.839. The molecule has 16 heavy (non-hydrogen) atoms. The van der Waals surface area contributed by atoms with E-state index in [1.54, 1.807) is 6.92 Å². The van der Waals surface area contributed by atoms with E-state index in [1.807, 2.05) is 31.2 Å². The van der Waals surface area contributed by atoms with Gasteiger partial charge in [-0.25, -0.2) is 4.79 Å². The fourth-order valence-corrected chi connectivity index (χ4v) is 1.63. The lowest BCUT2D eigenvalue weighted by Gasteiger charge is -2.01. The minimum Gasteiger partial charge on any atom is -0.477 e. The predicted molar refractivity (Wildman–Crippen MR) is 58.4 cm³/mol. The number of aromatic carboxylic acids is 1. The summed E-state index contributed by atoms with van der Waals surface area (Å²) in [5.74, 6) is -0.694. The van der Waals surface area contributed by atoms with E-state index >= 15 is 0 Å². The first kappa shape index (κ1) is 10.4. The van der Waals surface area contributed by atoms with Crippen molar-refractivity contribution in [2.45, 2.75) is 13.8 Å². The molecule has 4 heteroatoms. The Kier molecular flexibility index (Phi) is 2.48. The molecule has 0 aliphatic rings. The molecule has 0 unspecified atom stereocenters. The van der Waals surface area contributed by atoms with Gasteiger partial charge in [-0.05, 0) is 19.4 Å². The van der Waals surface area contributed by atoms with E-state index in [9.17, 15) is 4.79 Å². The summed E-state index contributed by atoms with van der Waals surface area (Å²) in [6.45, 7) is 3.52. The highest BCUT2D eigenvalue weighted by Crippen LogP contribution is 2.28. The summed E-state index contributed by atoms with van der Waals surface area (Å²) >= 11 is 0. The van der Waals surface area contributed by atoms with Gasteiger partial charge in [0.15, 0.2) is 5.76 Å². The van der Waals surface area contributed by atoms with Crippen LogP contribution in [-0.4, -0.2) is 16.2 Å². The molecule has 2 rings (SSSR count). The molecule has 0 fully saturated rings. The molecule has 1 aromatic carbocycles. The van der Waals surface area contributed by atoms with Gasteiger partial charge in [-0.3, -0.25) is 0 Å². The number of carboxylic acids is 1. The number of hydrogen-bond acceptors (Lipinski definition) is 3. The van der Waals surface area contributed by atoms with Gasteiger partial charge in [-0.1, -0.05) is 29.4 Å². The van der Waals surface area contributed by atoms with Gasteiger partial charge in [0.2, 0.25) is 0 Å². The molecule has 0 saturated carbocycles. The lowest BCUT2D eigenvalue weighted by Crippen LogP contribution is -1.99. The maximum absolute atomic E-state index is 11.1. The number of benzene rings is 1. The monoisotopic (exact) mass is 217 g/mol. The van der Waals surface area contributed by atoms with Gasteiger partial charge in [0, 0.05) is 5.56 Å². The normalized spacial score (nSPS) is 10.4. The number of hydrogen-bond donors (Lipinski definition) is 1. The zero-order valence-electron chi connectivity index (χ0n) is 9.02. The maximum atomic E-state index is 11.1. The third-order valence-electron chi connectivity index (χ3n) is 2.47. The molecule has 0 aliphatic carbocycles. The van der Waals surface area contributed by atoms with Gasteiger partial charge in [-0.15, -0.1) is 0 Å². The standard InChI is InChI=1S/C12H11NO3/c1-7-5-3-4-6-9(7)11-10(12(14)15)8(2)13-16-11/h3-6H,1-2H3,(H,14,15). The number of nitrogens with zero attached hydrogens (tertiary/aromatic N) is 1. The van der Waals surface area contributed by atoms with E-state index in [1.165, 1.54) is 0 Å². The number of aryl methyl sites for hydroxylation is 2.